The van der Waals surface area contributed by atoms with E-state index in [0.29, 0.717) is 18.1 Å². The molecule has 1 aromatic carbocycles. The highest BCUT2D eigenvalue weighted by molar-refractivity contribution is 7.15. The maximum atomic E-state index is 12.2. The van der Waals surface area contributed by atoms with Crippen LogP contribution in [0.2, 0.25) is 0 Å². The fraction of sp³-hybridized carbons (Fsp3) is 0.235. The third-order valence-corrected chi connectivity index (χ3v) is 4.34. The van der Waals surface area contributed by atoms with Crippen molar-refractivity contribution in [2.75, 3.05) is 12.4 Å². The number of carbonyl (C=O) groups excluding carboxylic acids is 1. The second-order valence-electron chi connectivity index (χ2n) is 5.58. The molecule has 0 saturated heterocycles. The van der Waals surface area contributed by atoms with Crippen LogP contribution < -0.4 is 5.32 Å². The van der Waals surface area contributed by atoms with Crippen molar-refractivity contribution in [1.29, 1.82) is 0 Å². The summed E-state index contributed by atoms with van der Waals surface area (Å²) in [7, 11) is 1.72. The van der Waals surface area contributed by atoms with Crippen molar-refractivity contribution in [3.05, 3.63) is 64.6 Å². The number of hydrogen-bond donors (Lipinski definition) is 1. The first-order chi connectivity index (χ1) is 11.6. The summed E-state index contributed by atoms with van der Waals surface area (Å²) < 4.78 is 5.00. The number of amides is 2. The average molecular weight is 342 g/mol. The molecule has 0 radical (unpaired) electrons. The number of benzene rings is 1. The molecule has 0 aliphatic rings. The summed E-state index contributed by atoms with van der Waals surface area (Å²) in [6, 6.07) is 9.90. The maximum Gasteiger partial charge on any atom is 0.323 e. The average Bonchev–Trinajstić information content (AvgIpc) is 3.22. The molecular formula is C17H18N4O2S. The Hall–Kier alpha value is -2.67. The van der Waals surface area contributed by atoms with Crippen molar-refractivity contribution in [3.63, 3.8) is 0 Å². The molecule has 0 saturated carbocycles. The molecule has 124 valence electrons. The predicted molar refractivity (Wildman–Crippen MR) is 93.1 cm³/mol. The lowest BCUT2D eigenvalue weighted by molar-refractivity contribution is 0.220. The molecule has 2 amide bonds. The van der Waals surface area contributed by atoms with Crippen molar-refractivity contribution >= 4 is 22.5 Å². The number of carbonyl (C=O) groups is 1. The highest BCUT2D eigenvalue weighted by atomic mass is 32.1. The van der Waals surface area contributed by atoms with Crippen LogP contribution in [0.15, 0.2) is 47.3 Å². The van der Waals surface area contributed by atoms with Gasteiger partial charge in [-0.15, -0.1) is 10.2 Å². The first kappa shape index (κ1) is 16.2. The number of aryl methyl sites for hydroxylation is 1. The van der Waals surface area contributed by atoms with E-state index in [1.807, 2.05) is 6.07 Å². The van der Waals surface area contributed by atoms with Crippen molar-refractivity contribution in [1.82, 2.24) is 15.1 Å². The van der Waals surface area contributed by atoms with Gasteiger partial charge in [-0.3, -0.25) is 5.32 Å². The van der Waals surface area contributed by atoms with E-state index in [1.54, 1.807) is 24.5 Å². The molecule has 0 unspecified atom stereocenters. The molecule has 2 heterocycles. The number of nitrogens with one attached hydrogen (secondary N) is 1. The number of anilines is 1. The largest absolute Gasteiger partial charge is 0.472 e. The zero-order valence-electron chi connectivity index (χ0n) is 13.5. The van der Waals surface area contributed by atoms with Crippen LogP contribution in [-0.2, 0) is 13.0 Å². The fourth-order valence-electron chi connectivity index (χ4n) is 2.17. The highest BCUT2D eigenvalue weighted by Crippen LogP contribution is 2.19. The normalized spacial score (nSPS) is 10.6. The van der Waals surface area contributed by atoms with Gasteiger partial charge in [-0.2, -0.15) is 0 Å². The molecule has 1 N–H and O–H groups in total. The molecule has 0 fully saturated rings. The zero-order valence-corrected chi connectivity index (χ0v) is 14.3. The number of aromatic nitrogens is 2. The van der Waals surface area contributed by atoms with E-state index in [9.17, 15) is 4.79 Å². The lowest BCUT2D eigenvalue weighted by atomic mass is 10.1. The summed E-state index contributed by atoms with van der Waals surface area (Å²) in [4.78, 5) is 13.7. The summed E-state index contributed by atoms with van der Waals surface area (Å²) in [6.07, 6.45) is 3.91. The SMILES string of the molecule is Cc1ccc(Cc2nnc(NC(=O)N(C)Cc3ccoc3)s2)cc1. The Balaban J connectivity index is 1.57. The van der Waals surface area contributed by atoms with Crippen molar-refractivity contribution in [3.8, 4) is 0 Å². The lowest BCUT2D eigenvalue weighted by Gasteiger charge is -2.15. The highest BCUT2D eigenvalue weighted by Gasteiger charge is 2.13. The first-order valence-electron chi connectivity index (χ1n) is 7.51. The molecule has 0 aliphatic carbocycles. The van der Waals surface area contributed by atoms with E-state index in [1.165, 1.54) is 22.5 Å². The number of furan rings is 1. The van der Waals surface area contributed by atoms with Gasteiger partial charge < -0.3 is 9.32 Å². The molecule has 7 heteroatoms. The van der Waals surface area contributed by atoms with Gasteiger partial charge in [0.25, 0.3) is 0 Å². The molecule has 24 heavy (non-hydrogen) atoms. The summed E-state index contributed by atoms with van der Waals surface area (Å²) in [5, 5.41) is 12.3. The van der Waals surface area contributed by atoms with E-state index in [0.717, 1.165) is 10.6 Å². The van der Waals surface area contributed by atoms with Crippen LogP contribution in [0.4, 0.5) is 9.93 Å². The van der Waals surface area contributed by atoms with Crippen LogP contribution in [0, 0.1) is 6.92 Å². The molecule has 0 atom stereocenters. The third kappa shape index (κ3) is 4.20. The van der Waals surface area contributed by atoms with E-state index in [2.05, 4.69) is 46.7 Å². The second-order valence-corrected chi connectivity index (χ2v) is 6.64. The number of hydrogen-bond acceptors (Lipinski definition) is 5. The van der Waals surface area contributed by atoms with Gasteiger partial charge >= 0.3 is 6.03 Å². The van der Waals surface area contributed by atoms with Gasteiger partial charge in [0.15, 0.2) is 0 Å². The molecule has 6 nitrogen and oxygen atoms in total. The van der Waals surface area contributed by atoms with Gasteiger partial charge in [0.05, 0.1) is 19.1 Å². The van der Waals surface area contributed by atoms with Crippen LogP contribution >= 0.6 is 11.3 Å². The van der Waals surface area contributed by atoms with Crippen LogP contribution in [0.1, 0.15) is 21.7 Å². The maximum absolute atomic E-state index is 12.2. The van der Waals surface area contributed by atoms with Crippen LogP contribution in [0.5, 0.6) is 0 Å². The quantitative estimate of drug-likeness (QED) is 0.767. The van der Waals surface area contributed by atoms with Crippen LogP contribution in [0.25, 0.3) is 0 Å². The Morgan fingerprint density at radius 2 is 2.00 bits per heavy atom. The molecule has 0 bridgehead atoms. The number of rotatable bonds is 5. The Morgan fingerprint density at radius 1 is 1.21 bits per heavy atom. The number of urea groups is 1. The monoisotopic (exact) mass is 342 g/mol. The Morgan fingerprint density at radius 3 is 2.71 bits per heavy atom. The Kier molecular flexibility index (Phi) is 4.90. The molecular weight excluding hydrogens is 324 g/mol. The standard InChI is InChI=1S/C17H18N4O2S/c1-12-3-5-13(6-4-12)9-15-19-20-16(24-15)18-17(22)21(2)10-14-7-8-23-11-14/h3-8,11H,9-10H2,1-2H3,(H,18,20,22). The van der Waals surface area contributed by atoms with E-state index in [-0.39, 0.29) is 6.03 Å². The van der Waals surface area contributed by atoms with Crippen molar-refractivity contribution < 1.29 is 9.21 Å². The molecule has 3 aromatic rings. The zero-order chi connectivity index (χ0) is 16.9. The smallest absolute Gasteiger partial charge is 0.323 e. The first-order valence-corrected chi connectivity index (χ1v) is 8.33. The molecule has 0 aliphatic heterocycles. The summed E-state index contributed by atoms with van der Waals surface area (Å²) in [6.45, 7) is 2.53. The third-order valence-electron chi connectivity index (χ3n) is 3.50. The van der Waals surface area contributed by atoms with E-state index in [4.69, 9.17) is 4.42 Å². The summed E-state index contributed by atoms with van der Waals surface area (Å²) in [5.41, 5.74) is 3.33. The minimum Gasteiger partial charge on any atom is -0.472 e. The van der Waals surface area contributed by atoms with Crippen molar-refractivity contribution in [2.45, 2.75) is 19.9 Å². The van der Waals surface area contributed by atoms with Gasteiger partial charge in [0.2, 0.25) is 5.13 Å². The number of nitrogens with zero attached hydrogens (tertiary/aromatic N) is 3. The van der Waals surface area contributed by atoms with Crippen LogP contribution in [0.3, 0.4) is 0 Å². The van der Waals surface area contributed by atoms with Gasteiger partial charge in [0, 0.05) is 19.0 Å². The Labute approximate surface area is 144 Å². The van der Waals surface area contributed by atoms with Gasteiger partial charge in [-0.25, -0.2) is 4.79 Å². The van der Waals surface area contributed by atoms with E-state index < -0.39 is 0 Å². The fourth-order valence-corrected chi connectivity index (χ4v) is 2.93. The van der Waals surface area contributed by atoms with Crippen LogP contribution in [-0.4, -0.2) is 28.2 Å². The van der Waals surface area contributed by atoms with Gasteiger partial charge in [-0.05, 0) is 18.6 Å². The molecule has 3 rings (SSSR count). The van der Waals surface area contributed by atoms with Crippen molar-refractivity contribution in [2.24, 2.45) is 0 Å². The second kappa shape index (κ2) is 7.27. The van der Waals surface area contributed by atoms with Gasteiger partial charge in [-0.1, -0.05) is 41.2 Å². The minimum atomic E-state index is -0.228. The molecule has 0 spiro atoms. The topological polar surface area (TPSA) is 71.3 Å². The van der Waals surface area contributed by atoms with E-state index >= 15 is 0 Å². The lowest BCUT2D eigenvalue weighted by Crippen LogP contribution is -2.30. The van der Waals surface area contributed by atoms with Gasteiger partial charge in [0.1, 0.15) is 5.01 Å². The molecule has 2 aromatic heterocycles. The Bertz CT molecular complexity index is 796. The summed E-state index contributed by atoms with van der Waals surface area (Å²) >= 11 is 1.39. The minimum absolute atomic E-state index is 0.228. The summed E-state index contributed by atoms with van der Waals surface area (Å²) in [5.74, 6) is 0. The predicted octanol–water partition coefficient (Wildman–Crippen LogP) is 3.69.